The fraction of sp³-hybridized carbons (Fsp3) is 0.333. The van der Waals surface area contributed by atoms with E-state index in [1.807, 2.05) is 10.3 Å². The van der Waals surface area contributed by atoms with E-state index in [0.717, 1.165) is 23.9 Å². The Kier molecular flexibility index (Phi) is 9.68. The average Bonchev–Trinajstić information content (AvgIpc) is 2.73. The van der Waals surface area contributed by atoms with E-state index in [9.17, 15) is 44.7 Å². The van der Waals surface area contributed by atoms with Crippen LogP contribution in [0.5, 0.6) is 0 Å². The van der Waals surface area contributed by atoms with Crippen LogP contribution < -0.4 is 16.6 Å². The van der Waals surface area contributed by atoms with Gasteiger partial charge in [0.25, 0.3) is 5.56 Å². The van der Waals surface area contributed by atoms with Crippen molar-refractivity contribution in [2.45, 2.75) is 23.7 Å². The Hall–Kier alpha value is -2.91. The zero-order chi connectivity index (χ0) is 27.3. The molecule has 3 aromatic rings. The Morgan fingerprint density at radius 3 is 2.19 bits per heavy atom. The number of thioether (sulfide) groups is 1. The molecule has 1 heterocycles. The van der Waals surface area contributed by atoms with E-state index >= 15 is 0 Å². The Morgan fingerprint density at radius 2 is 1.69 bits per heavy atom. The summed E-state index contributed by atoms with van der Waals surface area (Å²) in [6.45, 7) is -1.16. The molecule has 3 rings (SSSR count). The van der Waals surface area contributed by atoms with Gasteiger partial charge in [-0.15, -0.1) is 11.8 Å². The topological polar surface area (TPSA) is 98.0 Å². The van der Waals surface area contributed by atoms with Crippen LogP contribution in [0.4, 0.5) is 35.1 Å². The molecular weight excluding hydrogens is 526 g/mol. The molecule has 0 unspecified atom stereocenters. The lowest BCUT2D eigenvalue weighted by atomic mass is 9.96. The number of halogens is 8. The van der Waals surface area contributed by atoms with Gasteiger partial charge in [0, 0.05) is 34.4 Å². The average molecular weight is 545 g/mol. The maximum Gasteiger partial charge on any atom is 0.417 e. The molecule has 0 amide bonds. The summed E-state index contributed by atoms with van der Waals surface area (Å²) < 4.78 is 102. The molecule has 198 valence electrons. The van der Waals surface area contributed by atoms with Crippen LogP contribution in [-0.2, 0) is 6.18 Å². The van der Waals surface area contributed by atoms with Gasteiger partial charge in [-0.1, -0.05) is 0 Å². The number of H-pyrrole nitrogens is 2. The molecule has 0 bridgehead atoms. The van der Waals surface area contributed by atoms with Gasteiger partial charge >= 0.3 is 18.0 Å². The SMILES string of the molecule is CNCC(F)(F)F.O=c1[nH]c(=O)c2cc(C(F)(F)F)c(-c3ccc(F)cc3F)c(SCCCO)c2[nH]1. The van der Waals surface area contributed by atoms with Crippen molar-refractivity contribution < 1.29 is 40.2 Å². The second-order valence-corrected chi connectivity index (χ2v) is 8.26. The summed E-state index contributed by atoms with van der Waals surface area (Å²) in [6.07, 6.45) is -8.84. The van der Waals surface area contributed by atoms with Crippen molar-refractivity contribution in [3.05, 3.63) is 62.3 Å². The molecule has 1 aromatic heterocycles. The van der Waals surface area contributed by atoms with Gasteiger partial charge in [-0.2, -0.15) is 26.3 Å². The van der Waals surface area contributed by atoms with Crippen molar-refractivity contribution in [2.24, 2.45) is 0 Å². The first-order chi connectivity index (χ1) is 16.7. The Morgan fingerprint density at radius 1 is 1.03 bits per heavy atom. The lowest BCUT2D eigenvalue weighted by Crippen LogP contribution is -2.25. The highest BCUT2D eigenvalue weighted by molar-refractivity contribution is 7.99. The Bertz CT molecular complexity index is 1320. The van der Waals surface area contributed by atoms with Gasteiger partial charge in [-0.25, -0.2) is 13.6 Å². The highest BCUT2D eigenvalue weighted by atomic mass is 32.2. The molecule has 0 saturated heterocycles. The molecule has 0 fully saturated rings. The summed E-state index contributed by atoms with van der Waals surface area (Å²) in [6, 6.07) is 2.65. The number of aromatic amines is 2. The van der Waals surface area contributed by atoms with Crippen molar-refractivity contribution >= 4 is 22.7 Å². The molecule has 0 aliphatic rings. The Balaban J connectivity index is 0.000000572. The van der Waals surface area contributed by atoms with Gasteiger partial charge in [0.2, 0.25) is 0 Å². The van der Waals surface area contributed by atoms with Gasteiger partial charge in [0.05, 0.1) is 23.0 Å². The van der Waals surface area contributed by atoms with Crippen LogP contribution in [0.1, 0.15) is 12.0 Å². The molecule has 0 aliphatic carbocycles. The zero-order valence-corrected chi connectivity index (χ0v) is 19.1. The lowest BCUT2D eigenvalue weighted by Gasteiger charge is -2.19. The fourth-order valence-corrected chi connectivity index (χ4v) is 4.19. The smallest absolute Gasteiger partial charge is 0.396 e. The van der Waals surface area contributed by atoms with Crippen molar-refractivity contribution in [1.29, 1.82) is 0 Å². The first kappa shape index (κ1) is 29.3. The second kappa shape index (κ2) is 11.9. The number of hydrogen-bond donors (Lipinski definition) is 4. The molecule has 0 aliphatic heterocycles. The van der Waals surface area contributed by atoms with Crippen LogP contribution >= 0.6 is 11.8 Å². The maximum absolute atomic E-state index is 14.4. The van der Waals surface area contributed by atoms with E-state index in [1.165, 1.54) is 7.05 Å². The van der Waals surface area contributed by atoms with Crippen LogP contribution in [-0.4, -0.2) is 47.2 Å². The van der Waals surface area contributed by atoms with E-state index in [1.54, 1.807) is 0 Å². The van der Waals surface area contributed by atoms with Crippen LogP contribution in [0.2, 0.25) is 0 Å². The van der Waals surface area contributed by atoms with Crippen molar-refractivity contribution in [3.8, 4) is 11.1 Å². The minimum absolute atomic E-state index is 0.123. The number of benzene rings is 2. The van der Waals surface area contributed by atoms with Crippen molar-refractivity contribution in [3.63, 3.8) is 0 Å². The minimum atomic E-state index is -4.97. The van der Waals surface area contributed by atoms with Crippen molar-refractivity contribution in [2.75, 3.05) is 26.0 Å². The van der Waals surface area contributed by atoms with Crippen LogP contribution in [0.3, 0.4) is 0 Å². The molecule has 6 nitrogen and oxygen atoms in total. The van der Waals surface area contributed by atoms with E-state index in [2.05, 4.69) is 4.98 Å². The van der Waals surface area contributed by atoms with Crippen LogP contribution in [0.25, 0.3) is 22.0 Å². The van der Waals surface area contributed by atoms with E-state index in [4.69, 9.17) is 5.11 Å². The second-order valence-electron chi connectivity index (χ2n) is 7.15. The quantitative estimate of drug-likeness (QED) is 0.209. The summed E-state index contributed by atoms with van der Waals surface area (Å²) >= 11 is 0.813. The molecule has 4 N–H and O–H groups in total. The number of aromatic nitrogens is 2. The van der Waals surface area contributed by atoms with E-state index in [0.29, 0.717) is 12.1 Å². The predicted molar refractivity (Wildman–Crippen MR) is 118 cm³/mol. The largest absolute Gasteiger partial charge is 0.417 e. The van der Waals surface area contributed by atoms with Gasteiger partial charge < -0.3 is 15.4 Å². The normalized spacial score (nSPS) is 11.9. The maximum atomic E-state index is 14.4. The predicted octanol–water partition coefficient (Wildman–Crippen LogP) is 4.42. The summed E-state index contributed by atoms with van der Waals surface area (Å²) in [4.78, 5) is 27.8. The van der Waals surface area contributed by atoms with E-state index in [-0.39, 0.29) is 29.2 Å². The molecular formula is C21H19F8N3O3S. The number of rotatable bonds is 6. The molecule has 0 spiro atoms. The van der Waals surface area contributed by atoms with Gasteiger partial charge in [0.15, 0.2) is 0 Å². The number of alkyl halides is 6. The summed E-state index contributed by atoms with van der Waals surface area (Å²) in [5.41, 5.74) is -4.64. The summed E-state index contributed by atoms with van der Waals surface area (Å²) in [5.74, 6) is -2.08. The number of fused-ring (bicyclic) bond motifs is 1. The third kappa shape index (κ3) is 7.54. The highest BCUT2D eigenvalue weighted by Gasteiger charge is 2.37. The highest BCUT2D eigenvalue weighted by Crippen LogP contribution is 2.45. The zero-order valence-electron chi connectivity index (χ0n) is 18.3. The molecule has 0 atom stereocenters. The summed E-state index contributed by atoms with van der Waals surface area (Å²) in [7, 11) is 1.26. The lowest BCUT2D eigenvalue weighted by molar-refractivity contribution is -0.137. The number of nitrogens with one attached hydrogen (secondary N) is 3. The van der Waals surface area contributed by atoms with Gasteiger partial charge in [-0.05, 0) is 31.7 Å². The molecule has 0 saturated carbocycles. The summed E-state index contributed by atoms with van der Waals surface area (Å²) in [5, 5.41) is 10.5. The number of aliphatic hydroxyl groups excluding tert-OH is 1. The third-order valence-corrected chi connectivity index (χ3v) is 5.61. The first-order valence-electron chi connectivity index (χ1n) is 10.0. The van der Waals surface area contributed by atoms with Crippen LogP contribution in [0, 0.1) is 11.6 Å². The Labute approximate surface area is 201 Å². The molecule has 36 heavy (non-hydrogen) atoms. The number of aliphatic hydroxyl groups is 1. The molecule has 0 radical (unpaired) electrons. The van der Waals surface area contributed by atoms with Gasteiger partial charge in [0.1, 0.15) is 11.6 Å². The van der Waals surface area contributed by atoms with E-state index < -0.39 is 63.9 Å². The fourth-order valence-electron chi connectivity index (χ4n) is 3.04. The van der Waals surface area contributed by atoms with Crippen LogP contribution in [0.15, 0.2) is 38.8 Å². The molecule has 2 aromatic carbocycles. The van der Waals surface area contributed by atoms with Crippen molar-refractivity contribution in [1.82, 2.24) is 15.3 Å². The third-order valence-electron chi connectivity index (χ3n) is 4.42. The standard InChI is InChI=1S/C18H13F5N2O3S.C3H6F3N/c19-8-2-3-9(12(20)6-8)13-11(18(21,22)23)7-10-14(15(13)29-5-1-4-26)24-17(28)25-16(10)27;1-7-2-3(4,5)6/h2-3,6-7,26H,1,4-5H2,(H2,24,25,27,28);7H,2H2,1H3. The first-order valence-corrected chi connectivity index (χ1v) is 11.0. The number of hydrogen-bond acceptors (Lipinski definition) is 5. The monoisotopic (exact) mass is 545 g/mol. The minimum Gasteiger partial charge on any atom is -0.396 e. The van der Waals surface area contributed by atoms with Gasteiger partial charge in [-0.3, -0.25) is 9.78 Å². The molecule has 15 heteroatoms.